The van der Waals surface area contributed by atoms with Gasteiger partial charge in [0.2, 0.25) is 0 Å². The van der Waals surface area contributed by atoms with Gasteiger partial charge in [0.05, 0.1) is 40.4 Å². The Labute approximate surface area is 225 Å². The van der Waals surface area contributed by atoms with E-state index >= 15 is 0 Å². The van der Waals surface area contributed by atoms with Crippen LogP contribution in [0.1, 0.15) is 43.0 Å². The molecular weight excluding hydrogens is 512 g/mol. The average molecular weight is 545 g/mol. The van der Waals surface area contributed by atoms with E-state index in [2.05, 4.69) is 13.0 Å². The highest BCUT2D eigenvalue weighted by atomic mass is 32.2. The molecule has 38 heavy (non-hydrogen) atoms. The van der Waals surface area contributed by atoms with E-state index in [1.54, 1.807) is 26.0 Å². The molecule has 3 atom stereocenters. The summed E-state index contributed by atoms with van der Waals surface area (Å²) >= 11 is 1.59. The first-order valence-electron chi connectivity index (χ1n) is 12.3. The number of non-ortho nitro benzene ring substituents is 2. The molecule has 1 aliphatic carbocycles. The van der Waals surface area contributed by atoms with Crippen molar-refractivity contribution in [2.75, 3.05) is 27.4 Å². The largest absolute Gasteiger partial charge is 0.497 e. The van der Waals surface area contributed by atoms with Crippen molar-refractivity contribution in [3.05, 3.63) is 79.9 Å². The molecule has 10 nitrogen and oxygen atoms in total. The zero-order valence-corrected chi connectivity index (χ0v) is 22.5. The van der Waals surface area contributed by atoms with E-state index in [1.807, 2.05) is 24.3 Å². The minimum Gasteiger partial charge on any atom is -0.497 e. The predicted molar refractivity (Wildman–Crippen MR) is 144 cm³/mol. The molecule has 0 spiro atoms. The number of hydrogen-bond donors (Lipinski definition) is 0. The van der Waals surface area contributed by atoms with Crippen LogP contribution in [-0.4, -0.2) is 48.5 Å². The molecule has 2 aromatic carbocycles. The molecule has 0 radical (unpaired) electrons. The van der Waals surface area contributed by atoms with E-state index in [9.17, 15) is 25.0 Å². The number of hydrogen-bond acceptors (Lipinski definition) is 9. The van der Waals surface area contributed by atoms with Crippen molar-refractivity contribution in [1.29, 1.82) is 0 Å². The summed E-state index contributed by atoms with van der Waals surface area (Å²) < 4.78 is 16.2. The van der Waals surface area contributed by atoms with Crippen LogP contribution in [0.5, 0.6) is 5.75 Å². The second-order valence-electron chi connectivity index (χ2n) is 9.21. The molecule has 2 aromatic rings. The molecular formula is C27H32N2O8S. The maximum atomic E-state index is 12.9. The zero-order valence-electron chi connectivity index (χ0n) is 21.7. The summed E-state index contributed by atoms with van der Waals surface area (Å²) in [5.41, 5.74) is -0.0130. The third-order valence-corrected chi connectivity index (χ3v) is 7.68. The lowest BCUT2D eigenvalue weighted by Gasteiger charge is -2.33. The average Bonchev–Trinajstić information content (AvgIpc) is 2.91. The van der Waals surface area contributed by atoms with Gasteiger partial charge in [-0.15, -0.1) is 11.8 Å². The molecule has 0 amide bonds. The Hall–Kier alpha value is -3.44. The molecule has 0 unspecified atom stereocenters. The number of thioether (sulfide) groups is 1. The Balaban J connectivity index is 1.87. The molecule has 3 rings (SSSR count). The predicted octanol–water partition coefficient (Wildman–Crippen LogP) is 6.23. The number of ether oxygens (including phenoxy) is 3. The molecule has 0 bridgehead atoms. The number of methoxy groups -OCH3 is 2. The van der Waals surface area contributed by atoms with Gasteiger partial charge in [-0.3, -0.25) is 20.2 Å². The van der Waals surface area contributed by atoms with Crippen LogP contribution in [0.15, 0.2) is 59.0 Å². The van der Waals surface area contributed by atoms with Crippen molar-refractivity contribution in [3.8, 4) is 5.75 Å². The van der Waals surface area contributed by atoms with Crippen molar-refractivity contribution in [3.63, 3.8) is 0 Å². The van der Waals surface area contributed by atoms with Gasteiger partial charge in [0.1, 0.15) is 12.4 Å². The standard InChI is InChI=1S/C27H32N2O8S/c1-18(16-35-2)12-19-6-4-5-7-25(19)26(38-24-10-8-23(36-3)9-11-24)17-37-27(30)20-13-21(28(31)32)15-22(14-20)29(33)34/h8-15,18,25-26H,4-7,16-17H2,1-3H3/b19-12+/t18-,25+,26-/m1/s1. The van der Waals surface area contributed by atoms with Crippen LogP contribution in [0.4, 0.5) is 11.4 Å². The fourth-order valence-corrected chi connectivity index (χ4v) is 5.85. The molecule has 0 heterocycles. The van der Waals surface area contributed by atoms with Crippen molar-refractivity contribution >= 4 is 29.1 Å². The summed E-state index contributed by atoms with van der Waals surface area (Å²) in [6, 6.07) is 10.4. The summed E-state index contributed by atoms with van der Waals surface area (Å²) in [6.07, 6.45) is 6.26. The Kier molecular flexibility index (Phi) is 10.7. The number of nitro benzene ring substituents is 2. The van der Waals surface area contributed by atoms with E-state index < -0.39 is 27.2 Å². The third-order valence-electron chi connectivity index (χ3n) is 6.37. The van der Waals surface area contributed by atoms with Crippen molar-refractivity contribution in [2.24, 2.45) is 11.8 Å². The lowest BCUT2D eigenvalue weighted by atomic mass is 9.80. The third kappa shape index (κ3) is 8.03. The van der Waals surface area contributed by atoms with Gasteiger partial charge in [-0.05, 0) is 55.4 Å². The molecule has 0 aromatic heterocycles. The number of nitro groups is 2. The van der Waals surface area contributed by atoms with Crippen LogP contribution >= 0.6 is 11.8 Å². The van der Waals surface area contributed by atoms with Gasteiger partial charge in [0, 0.05) is 24.1 Å². The first-order chi connectivity index (χ1) is 18.2. The second kappa shape index (κ2) is 13.9. The quantitative estimate of drug-likeness (QED) is 0.100. The molecule has 1 fully saturated rings. The smallest absolute Gasteiger partial charge is 0.338 e. The molecule has 1 saturated carbocycles. The van der Waals surface area contributed by atoms with Crippen LogP contribution in [0.3, 0.4) is 0 Å². The van der Waals surface area contributed by atoms with Crippen LogP contribution < -0.4 is 4.74 Å². The molecule has 0 aliphatic heterocycles. The number of rotatable bonds is 12. The van der Waals surface area contributed by atoms with Gasteiger partial charge in [0.25, 0.3) is 11.4 Å². The Morgan fingerprint density at radius 3 is 2.29 bits per heavy atom. The number of benzene rings is 2. The van der Waals surface area contributed by atoms with Crippen LogP contribution in [0.2, 0.25) is 0 Å². The summed E-state index contributed by atoms with van der Waals surface area (Å²) in [7, 11) is 3.27. The van der Waals surface area contributed by atoms with E-state index in [0.717, 1.165) is 54.5 Å². The summed E-state index contributed by atoms with van der Waals surface area (Å²) in [6.45, 7) is 2.74. The van der Waals surface area contributed by atoms with Crippen LogP contribution in [0.25, 0.3) is 0 Å². The molecule has 204 valence electrons. The number of allylic oxidation sites excluding steroid dienone is 1. The summed E-state index contributed by atoms with van der Waals surface area (Å²) in [5.74, 6) is 0.264. The fraction of sp³-hybridized carbons (Fsp3) is 0.444. The highest BCUT2D eigenvalue weighted by Gasteiger charge is 2.30. The van der Waals surface area contributed by atoms with E-state index in [4.69, 9.17) is 14.2 Å². The van der Waals surface area contributed by atoms with Gasteiger partial charge in [0.15, 0.2) is 0 Å². The summed E-state index contributed by atoms with van der Waals surface area (Å²) in [4.78, 5) is 34.9. The number of carbonyl (C=O) groups excluding carboxylic acids is 1. The first-order valence-corrected chi connectivity index (χ1v) is 13.2. The Bertz CT molecular complexity index is 1140. The van der Waals surface area contributed by atoms with Crippen LogP contribution in [0, 0.1) is 32.1 Å². The number of nitrogens with zero attached hydrogens (tertiary/aromatic N) is 2. The minimum absolute atomic E-state index is 0.0344. The van der Waals surface area contributed by atoms with E-state index in [1.165, 1.54) is 5.57 Å². The molecule has 1 aliphatic rings. The second-order valence-corrected chi connectivity index (χ2v) is 10.5. The van der Waals surface area contributed by atoms with Gasteiger partial charge in [-0.1, -0.05) is 25.0 Å². The van der Waals surface area contributed by atoms with Gasteiger partial charge in [-0.2, -0.15) is 0 Å². The first kappa shape index (κ1) is 29.1. The highest BCUT2D eigenvalue weighted by molar-refractivity contribution is 8.00. The Morgan fingerprint density at radius 2 is 1.71 bits per heavy atom. The fourth-order valence-electron chi connectivity index (χ4n) is 4.60. The maximum Gasteiger partial charge on any atom is 0.338 e. The number of esters is 1. The normalized spacial score (nSPS) is 18.0. The van der Waals surface area contributed by atoms with Gasteiger partial charge in [-0.25, -0.2) is 4.79 Å². The SMILES string of the molecule is COC[C@H](C)/C=C1\CCCC[C@@H]1[C@@H](COC(=O)c1cc([N+](=O)[O-])cc([N+](=O)[O-])c1)Sc1ccc(OC)cc1. The van der Waals surface area contributed by atoms with Gasteiger partial charge < -0.3 is 14.2 Å². The lowest BCUT2D eigenvalue weighted by molar-refractivity contribution is -0.394. The monoisotopic (exact) mass is 544 g/mol. The maximum absolute atomic E-state index is 12.9. The highest BCUT2D eigenvalue weighted by Crippen LogP contribution is 2.40. The lowest BCUT2D eigenvalue weighted by Crippen LogP contribution is -2.28. The topological polar surface area (TPSA) is 131 Å². The van der Waals surface area contributed by atoms with Crippen molar-refractivity contribution < 1.29 is 28.9 Å². The zero-order chi connectivity index (χ0) is 27.7. The van der Waals surface area contributed by atoms with Gasteiger partial charge >= 0.3 is 5.97 Å². The number of carbonyl (C=O) groups is 1. The molecule has 11 heteroatoms. The van der Waals surface area contributed by atoms with E-state index in [0.29, 0.717) is 6.61 Å². The molecule has 0 N–H and O–H groups in total. The van der Waals surface area contributed by atoms with Crippen molar-refractivity contribution in [1.82, 2.24) is 0 Å². The molecule has 0 saturated heterocycles. The van der Waals surface area contributed by atoms with E-state index in [-0.39, 0.29) is 29.3 Å². The summed E-state index contributed by atoms with van der Waals surface area (Å²) in [5, 5.41) is 22.4. The minimum atomic E-state index is -0.841. The Morgan fingerprint density at radius 1 is 1.05 bits per heavy atom. The van der Waals surface area contributed by atoms with Crippen molar-refractivity contribution in [2.45, 2.75) is 42.8 Å². The van der Waals surface area contributed by atoms with Crippen LogP contribution in [-0.2, 0) is 9.47 Å².